The molecule has 0 heterocycles. The van der Waals surface area contributed by atoms with Crippen LogP contribution in [0.3, 0.4) is 0 Å². The van der Waals surface area contributed by atoms with Gasteiger partial charge < -0.3 is 9.84 Å². The molecule has 0 saturated heterocycles. The number of allylic oxidation sites excluding steroid dienone is 4. The first-order valence-corrected chi connectivity index (χ1v) is 4.90. The van der Waals surface area contributed by atoms with E-state index in [1.807, 2.05) is 13.8 Å². The second kappa shape index (κ2) is 8.00. The minimum absolute atomic E-state index is 0.0466. The molecule has 0 aromatic carbocycles. The molecule has 0 spiro atoms. The van der Waals surface area contributed by atoms with Crippen LogP contribution >= 0.6 is 0 Å². The third-order valence-electron chi connectivity index (χ3n) is 1.62. The van der Waals surface area contributed by atoms with Gasteiger partial charge in [0.2, 0.25) is 0 Å². The van der Waals surface area contributed by atoms with Crippen molar-refractivity contribution in [2.75, 3.05) is 13.2 Å². The molecule has 0 aromatic rings. The Morgan fingerprint density at radius 1 is 1.40 bits per heavy atom. The van der Waals surface area contributed by atoms with E-state index in [0.29, 0.717) is 6.61 Å². The Bertz CT molecular complexity index is 285. The SMILES string of the molecule is CCOC(=O)/C=C(C)/C=C/C=C(\C)CO. The van der Waals surface area contributed by atoms with E-state index in [-0.39, 0.29) is 12.6 Å². The highest BCUT2D eigenvalue weighted by Crippen LogP contribution is 1.98. The van der Waals surface area contributed by atoms with Gasteiger partial charge in [-0.05, 0) is 31.9 Å². The van der Waals surface area contributed by atoms with Gasteiger partial charge >= 0.3 is 5.97 Å². The highest BCUT2D eigenvalue weighted by Gasteiger charge is 1.94. The summed E-state index contributed by atoms with van der Waals surface area (Å²) in [5.74, 6) is -0.331. The van der Waals surface area contributed by atoms with Crippen LogP contribution in [0.25, 0.3) is 0 Å². The largest absolute Gasteiger partial charge is 0.463 e. The van der Waals surface area contributed by atoms with E-state index in [1.54, 1.807) is 25.2 Å². The van der Waals surface area contributed by atoms with Crippen molar-refractivity contribution in [1.29, 1.82) is 0 Å². The van der Waals surface area contributed by atoms with Crippen molar-refractivity contribution in [3.8, 4) is 0 Å². The van der Waals surface area contributed by atoms with E-state index in [0.717, 1.165) is 11.1 Å². The number of esters is 1. The summed E-state index contributed by atoms with van der Waals surface area (Å²) in [4.78, 5) is 11.0. The number of carbonyl (C=O) groups excluding carboxylic acids is 1. The smallest absolute Gasteiger partial charge is 0.330 e. The van der Waals surface area contributed by atoms with Crippen molar-refractivity contribution in [2.24, 2.45) is 0 Å². The molecule has 0 atom stereocenters. The van der Waals surface area contributed by atoms with Crippen LogP contribution in [0.1, 0.15) is 20.8 Å². The van der Waals surface area contributed by atoms with E-state index in [1.165, 1.54) is 6.08 Å². The molecule has 15 heavy (non-hydrogen) atoms. The molecule has 0 fully saturated rings. The molecule has 0 aliphatic carbocycles. The molecule has 0 aliphatic rings. The summed E-state index contributed by atoms with van der Waals surface area (Å²) in [7, 11) is 0. The minimum atomic E-state index is -0.331. The molecule has 84 valence electrons. The fourth-order valence-electron chi connectivity index (χ4n) is 0.835. The van der Waals surface area contributed by atoms with Crippen LogP contribution in [0.5, 0.6) is 0 Å². The van der Waals surface area contributed by atoms with E-state index < -0.39 is 0 Å². The van der Waals surface area contributed by atoms with Gasteiger partial charge in [-0.15, -0.1) is 0 Å². The lowest BCUT2D eigenvalue weighted by Gasteiger charge is -1.96. The number of aliphatic hydroxyl groups excluding tert-OH is 1. The van der Waals surface area contributed by atoms with Gasteiger partial charge in [-0.25, -0.2) is 4.79 Å². The zero-order valence-corrected chi connectivity index (χ0v) is 9.49. The van der Waals surface area contributed by atoms with Crippen LogP contribution in [0.4, 0.5) is 0 Å². The molecule has 0 amide bonds. The van der Waals surface area contributed by atoms with Gasteiger partial charge in [-0.3, -0.25) is 0 Å². The van der Waals surface area contributed by atoms with Gasteiger partial charge in [0.1, 0.15) is 0 Å². The lowest BCUT2D eigenvalue weighted by molar-refractivity contribution is -0.137. The molecule has 0 unspecified atom stereocenters. The summed E-state index contributed by atoms with van der Waals surface area (Å²) in [6.45, 7) is 5.84. The molecule has 0 aromatic heterocycles. The zero-order chi connectivity index (χ0) is 11.7. The summed E-state index contributed by atoms with van der Waals surface area (Å²) in [5.41, 5.74) is 1.69. The maximum absolute atomic E-state index is 11.0. The Kier molecular flexibility index (Phi) is 7.28. The predicted octanol–water partition coefficient (Wildman–Crippen LogP) is 1.99. The Balaban J connectivity index is 4.23. The summed E-state index contributed by atoms with van der Waals surface area (Å²) < 4.78 is 4.76. The summed E-state index contributed by atoms with van der Waals surface area (Å²) >= 11 is 0. The van der Waals surface area contributed by atoms with Gasteiger partial charge in [0, 0.05) is 6.08 Å². The van der Waals surface area contributed by atoms with E-state index in [2.05, 4.69) is 0 Å². The first kappa shape index (κ1) is 13.7. The van der Waals surface area contributed by atoms with Crippen molar-refractivity contribution in [2.45, 2.75) is 20.8 Å². The standard InChI is InChI=1S/C12H18O3/c1-4-15-12(14)8-10(2)6-5-7-11(3)9-13/h5-8,13H,4,9H2,1-3H3/b6-5+,10-8+,11-7+. The second-order valence-electron chi connectivity index (χ2n) is 3.17. The Morgan fingerprint density at radius 2 is 2.07 bits per heavy atom. The van der Waals surface area contributed by atoms with Gasteiger partial charge in [0.15, 0.2) is 0 Å². The number of aliphatic hydroxyl groups is 1. The first-order valence-electron chi connectivity index (χ1n) is 4.90. The van der Waals surface area contributed by atoms with Crippen LogP contribution in [-0.4, -0.2) is 24.3 Å². The van der Waals surface area contributed by atoms with Crippen molar-refractivity contribution < 1.29 is 14.6 Å². The number of hydrogen-bond acceptors (Lipinski definition) is 3. The molecule has 0 radical (unpaired) electrons. The first-order chi connectivity index (χ1) is 7.10. The molecule has 3 nitrogen and oxygen atoms in total. The second-order valence-corrected chi connectivity index (χ2v) is 3.17. The lowest BCUT2D eigenvalue weighted by Crippen LogP contribution is -1.99. The fraction of sp³-hybridized carbons (Fsp3) is 0.417. The Labute approximate surface area is 90.8 Å². The van der Waals surface area contributed by atoms with Crippen molar-refractivity contribution in [3.05, 3.63) is 35.5 Å². The van der Waals surface area contributed by atoms with Crippen molar-refractivity contribution in [3.63, 3.8) is 0 Å². The fourth-order valence-corrected chi connectivity index (χ4v) is 0.835. The number of hydrogen-bond donors (Lipinski definition) is 1. The predicted molar refractivity (Wildman–Crippen MR) is 60.4 cm³/mol. The third-order valence-corrected chi connectivity index (χ3v) is 1.62. The summed E-state index contributed by atoms with van der Waals surface area (Å²) in [5, 5.41) is 8.72. The third kappa shape index (κ3) is 7.70. The zero-order valence-electron chi connectivity index (χ0n) is 9.49. The van der Waals surface area contributed by atoms with E-state index >= 15 is 0 Å². The molecule has 0 saturated carbocycles. The number of carbonyl (C=O) groups is 1. The topological polar surface area (TPSA) is 46.5 Å². The minimum Gasteiger partial charge on any atom is -0.463 e. The van der Waals surface area contributed by atoms with Crippen LogP contribution in [-0.2, 0) is 9.53 Å². The lowest BCUT2D eigenvalue weighted by atomic mass is 10.2. The Hall–Kier alpha value is -1.35. The van der Waals surface area contributed by atoms with Crippen LogP contribution in [0, 0.1) is 0 Å². The number of ether oxygens (including phenoxy) is 1. The average molecular weight is 210 g/mol. The number of rotatable bonds is 5. The van der Waals surface area contributed by atoms with Crippen LogP contribution in [0.15, 0.2) is 35.5 Å². The van der Waals surface area contributed by atoms with Crippen LogP contribution in [0.2, 0.25) is 0 Å². The molecule has 0 aliphatic heterocycles. The monoisotopic (exact) mass is 210 g/mol. The van der Waals surface area contributed by atoms with E-state index in [9.17, 15) is 4.79 Å². The summed E-state index contributed by atoms with van der Waals surface area (Å²) in [6, 6.07) is 0. The molecule has 0 bridgehead atoms. The maximum atomic E-state index is 11.0. The van der Waals surface area contributed by atoms with Gasteiger partial charge in [-0.2, -0.15) is 0 Å². The van der Waals surface area contributed by atoms with Gasteiger partial charge in [-0.1, -0.05) is 18.2 Å². The highest BCUT2D eigenvalue weighted by molar-refractivity contribution is 5.83. The van der Waals surface area contributed by atoms with Gasteiger partial charge in [0.05, 0.1) is 13.2 Å². The van der Waals surface area contributed by atoms with E-state index in [4.69, 9.17) is 9.84 Å². The average Bonchev–Trinajstić information content (AvgIpc) is 2.17. The maximum Gasteiger partial charge on any atom is 0.330 e. The van der Waals surface area contributed by atoms with Crippen LogP contribution < -0.4 is 0 Å². The molecular formula is C12H18O3. The molecule has 3 heteroatoms. The quantitative estimate of drug-likeness (QED) is 0.429. The normalized spacial score (nSPS) is 13.3. The highest BCUT2D eigenvalue weighted by atomic mass is 16.5. The molecule has 0 rings (SSSR count). The molecule has 1 N–H and O–H groups in total. The molecular weight excluding hydrogens is 192 g/mol. The van der Waals surface area contributed by atoms with Crippen molar-refractivity contribution in [1.82, 2.24) is 0 Å². The van der Waals surface area contributed by atoms with Gasteiger partial charge in [0.25, 0.3) is 0 Å². The van der Waals surface area contributed by atoms with Crippen molar-refractivity contribution >= 4 is 5.97 Å². The Morgan fingerprint density at radius 3 is 2.60 bits per heavy atom. The summed E-state index contributed by atoms with van der Waals surface area (Å²) in [6.07, 6.45) is 6.80.